The molecule has 2 heterocycles. The van der Waals surface area contributed by atoms with E-state index in [0.717, 1.165) is 29.1 Å². The smallest absolute Gasteiger partial charge is 0.0629 e. The van der Waals surface area contributed by atoms with Gasteiger partial charge in [0.25, 0.3) is 0 Å². The maximum atomic E-state index is 6.29. The van der Waals surface area contributed by atoms with Gasteiger partial charge in [-0.25, -0.2) is 0 Å². The van der Waals surface area contributed by atoms with Crippen LogP contribution < -0.4 is 5.32 Å². The summed E-state index contributed by atoms with van der Waals surface area (Å²) in [5, 5.41) is 8.70. The van der Waals surface area contributed by atoms with Crippen LogP contribution in [0.3, 0.4) is 0 Å². The number of halogens is 1. The minimum Gasteiger partial charge on any atom is -0.309 e. The Kier molecular flexibility index (Phi) is 3.10. The molecule has 0 amide bonds. The van der Waals surface area contributed by atoms with Gasteiger partial charge in [0.2, 0.25) is 0 Å². The van der Waals surface area contributed by atoms with E-state index in [1.54, 1.807) is 0 Å². The van der Waals surface area contributed by atoms with Crippen molar-refractivity contribution >= 4 is 11.6 Å². The highest BCUT2D eigenvalue weighted by atomic mass is 35.5. The van der Waals surface area contributed by atoms with Crippen molar-refractivity contribution in [1.29, 1.82) is 0 Å². The molecule has 1 aromatic heterocycles. The lowest BCUT2D eigenvalue weighted by Gasteiger charge is -2.14. The van der Waals surface area contributed by atoms with E-state index in [4.69, 9.17) is 11.6 Å². The number of nitrogens with one attached hydrogen (secondary N) is 1. The van der Waals surface area contributed by atoms with Gasteiger partial charge < -0.3 is 5.32 Å². The molecule has 0 radical (unpaired) electrons. The lowest BCUT2D eigenvalue weighted by molar-refractivity contribution is 0.575. The summed E-state index contributed by atoms with van der Waals surface area (Å²) in [5.41, 5.74) is 3.44. The Labute approximate surface area is 112 Å². The minimum absolute atomic E-state index is 0.392. The molecular formula is C14H16ClN3. The molecule has 1 N–H and O–H groups in total. The molecule has 0 bridgehead atoms. The normalized spacial score (nSPS) is 19.3. The summed E-state index contributed by atoms with van der Waals surface area (Å²) < 4.78 is 1.96. The van der Waals surface area contributed by atoms with E-state index in [2.05, 4.69) is 16.5 Å². The third kappa shape index (κ3) is 1.93. The van der Waals surface area contributed by atoms with E-state index in [1.165, 1.54) is 12.1 Å². The molecule has 1 unspecified atom stereocenters. The number of aromatic nitrogens is 2. The van der Waals surface area contributed by atoms with Gasteiger partial charge in [-0.3, -0.25) is 4.68 Å². The Hall–Kier alpha value is -1.32. The van der Waals surface area contributed by atoms with Gasteiger partial charge in [0.1, 0.15) is 0 Å². The molecule has 1 atom stereocenters. The van der Waals surface area contributed by atoms with Crippen molar-refractivity contribution in [2.75, 3.05) is 6.54 Å². The van der Waals surface area contributed by atoms with E-state index >= 15 is 0 Å². The summed E-state index contributed by atoms with van der Waals surface area (Å²) in [5.74, 6) is 0. The van der Waals surface area contributed by atoms with Crippen LogP contribution in [-0.4, -0.2) is 16.3 Å². The lowest BCUT2D eigenvalue weighted by atomic mass is 10.0. The van der Waals surface area contributed by atoms with E-state index < -0.39 is 0 Å². The summed E-state index contributed by atoms with van der Waals surface area (Å²) in [6, 6.07) is 8.34. The number of nitrogens with zero attached hydrogens (tertiary/aromatic N) is 2. The first-order valence-corrected chi connectivity index (χ1v) is 6.65. The SMILES string of the molecule is Cn1ncc(-c2ccccc2Cl)c1C1CCCN1. The highest BCUT2D eigenvalue weighted by Crippen LogP contribution is 2.35. The fraction of sp³-hybridized carbons (Fsp3) is 0.357. The van der Waals surface area contributed by atoms with Gasteiger partial charge in [0.05, 0.1) is 11.9 Å². The Morgan fingerprint density at radius 3 is 2.89 bits per heavy atom. The summed E-state index contributed by atoms with van der Waals surface area (Å²) in [6.07, 6.45) is 4.30. The van der Waals surface area contributed by atoms with Crippen molar-refractivity contribution < 1.29 is 0 Å². The third-order valence-electron chi connectivity index (χ3n) is 3.54. The molecule has 1 aromatic carbocycles. The van der Waals surface area contributed by atoms with Crippen LogP contribution in [0, 0.1) is 0 Å². The van der Waals surface area contributed by atoms with Crippen LogP contribution in [0.4, 0.5) is 0 Å². The monoisotopic (exact) mass is 261 g/mol. The summed E-state index contributed by atoms with van der Waals surface area (Å²) in [4.78, 5) is 0. The van der Waals surface area contributed by atoms with Crippen molar-refractivity contribution in [2.24, 2.45) is 7.05 Å². The molecule has 0 spiro atoms. The highest BCUT2D eigenvalue weighted by molar-refractivity contribution is 6.33. The Bertz CT molecular complexity index is 556. The molecule has 1 aliphatic heterocycles. The molecule has 1 saturated heterocycles. The molecule has 4 heteroatoms. The quantitative estimate of drug-likeness (QED) is 0.900. The fourth-order valence-electron chi connectivity index (χ4n) is 2.67. The molecule has 3 rings (SSSR count). The zero-order valence-electron chi connectivity index (χ0n) is 10.4. The molecule has 1 aliphatic rings. The number of benzene rings is 1. The Balaban J connectivity index is 2.10. The van der Waals surface area contributed by atoms with E-state index in [0.29, 0.717) is 6.04 Å². The standard InChI is InChI=1S/C14H16ClN3/c1-18-14(13-7-4-8-16-13)11(9-17-18)10-5-2-3-6-12(10)15/h2-3,5-6,9,13,16H,4,7-8H2,1H3. The second-order valence-corrected chi connectivity index (χ2v) is 5.10. The largest absolute Gasteiger partial charge is 0.309 e. The van der Waals surface area contributed by atoms with Crippen LogP contribution >= 0.6 is 11.6 Å². The van der Waals surface area contributed by atoms with E-state index in [1.807, 2.05) is 36.1 Å². The second kappa shape index (κ2) is 4.75. The first kappa shape index (κ1) is 11.8. The van der Waals surface area contributed by atoms with Gasteiger partial charge in [0, 0.05) is 29.2 Å². The Morgan fingerprint density at radius 1 is 1.33 bits per heavy atom. The number of hydrogen-bond donors (Lipinski definition) is 1. The topological polar surface area (TPSA) is 29.9 Å². The minimum atomic E-state index is 0.392. The zero-order chi connectivity index (χ0) is 12.5. The summed E-state index contributed by atoms with van der Waals surface area (Å²) in [7, 11) is 2.00. The molecule has 3 nitrogen and oxygen atoms in total. The van der Waals surface area contributed by atoms with Crippen LogP contribution in [0.25, 0.3) is 11.1 Å². The molecular weight excluding hydrogens is 246 g/mol. The highest BCUT2D eigenvalue weighted by Gasteiger charge is 2.24. The first-order valence-electron chi connectivity index (χ1n) is 6.27. The van der Waals surface area contributed by atoms with Crippen LogP contribution in [0.1, 0.15) is 24.6 Å². The molecule has 0 saturated carbocycles. The van der Waals surface area contributed by atoms with E-state index in [-0.39, 0.29) is 0 Å². The number of rotatable bonds is 2. The van der Waals surface area contributed by atoms with Gasteiger partial charge in [-0.2, -0.15) is 5.10 Å². The van der Waals surface area contributed by atoms with Crippen molar-refractivity contribution in [3.63, 3.8) is 0 Å². The van der Waals surface area contributed by atoms with Crippen LogP contribution in [0.15, 0.2) is 30.5 Å². The van der Waals surface area contributed by atoms with Gasteiger partial charge in [-0.1, -0.05) is 29.8 Å². The van der Waals surface area contributed by atoms with Crippen molar-refractivity contribution in [3.05, 3.63) is 41.2 Å². The van der Waals surface area contributed by atoms with E-state index in [9.17, 15) is 0 Å². The molecule has 0 aliphatic carbocycles. The van der Waals surface area contributed by atoms with Crippen LogP contribution in [0.5, 0.6) is 0 Å². The first-order chi connectivity index (χ1) is 8.77. The van der Waals surface area contributed by atoms with Crippen molar-refractivity contribution in [2.45, 2.75) is 18.9 Å². The van der Waals surface area contributed by atoms with Gasteiger partial charge in [-0.05, 0) is 25.5 Å². The predicted octanol–water partition coefficient (Wildman–Crippen LogP) is 3.17. The van der Waals surface area contributed by atoms with Crippen molar-refractivity contribution in [3.8, 4) is 11.1 Å². The van der Waals surface area contributed by atoms with Crippen LogP contribution in [-0.2, 0) is 7.05 Å². The average molecular weight is 262 g/mol. The lowest BCUT2D eigenvalue weighted by Crippen LogP contribution is -2.17. The third-order valence-corrected chi connectivity index (χ3v) is 3.87. The van der Waals surface area contributed by atoms with Gasteiger partial charge in [-0.15, -0.1) is 0 Å². The van der Waals surface area contributed by atoms with Crippen molar-refractivity contribution in [1.82, 2.24) is 15.1 Å². The van der Waals surface area contributed by atoms with Gasteiger partial charge in [0.15, 0.2) is 0 Å². The van der Waals surface area contributed by atoms with Crippen LogP contribution in [0.2, 0.25) is 5.02 Å². The zero-order valence-corrected chi connectivity index (χ0v) is 11.1. The van der Waals surface area contributed by atoms with Gasteiger partial charge >= 0.3 is 0 Å². The molecule has 94 valence electrons. The average Bonchev–Trinajstić information content (AvgIpc) is 2.98. The molecule has 1 fully saturated rings. The second-order valence-electron chi connectivity index (χ2n) is 4.70. The predicted molar refractivity (Wildman–Crippen MR) is 73.6 cm³/mol. The number of hydrogen-bond acceptors (Lipinski definition) is 2. The molecule has 18 heavy (non-hydrogen) atoms. The number of aryl methyl sites for hydroxylation is 1. The maximum absolute atomic E-state index is 6.29. The summed E-state index contributed by atoms with van der Waals surface area (Å²) in [6.45, 7) is 1.08. The maximum Gasteiger partial charge on any atom is 0.0629 e. The molecule has 2 aromatic rings. The Morgan fingerprint density at radius 2 is 2.17 bits per heavy atom. The summed E-state index contributed by atoms with van der Waals surface area (Å²) >= 11 is 6.29. The fourth-order valence-corrected chi connectivity index (χ4v) is 2.90.